The van der Waals surface area contributed by atoms with Crippen LogP contribution in [-0.4, -0.2) is 25.7 Å². The Morgan fingerprint density at radius 3 is 3.19 bits per heavy atom. The summed E-state index contributed by atoms with van der Waals surface area (Å²) in [5.41, 5.74) is 1.32. The van der Waals surface area contributed by atoms with Gasteiger partial charge >= 0.3 is 5.97 Å². The van der Waals surface area contributed by atoms with Gasteiger partial charge in [-0.25, -0.2) is 4.79 Å². The van der Waals surface area contributed by atoms with Gasteiger partial charge in [0, 0.05) is 10.9 Å². The summed E-state index contributed by atoms with van der Waals surface area (Å²) in [6, 6.07) is 2.55. The summed E-state index contributed by atoms with van der Waals surface area (Å²) in [6.45, 7) is 2.28. The zero-order valence-electron chi connectivity index (χ0n) is 9.71. The van der Waals surface area contributed by atoms with Crippen molar-refractivity contribution in [3.8, 4) is 0 Å². The first kappa shape index (κ1) is 11.6. The molecule has 0 saturated carbocycles. The lowest BCUT2D eigenvalue weighted by atomic mass is 9.94. The van der Waals surface area contributed by atoms with Crippen molar-refractivity contribution in [3.63, 3.8) is 0 Å². The van der Waals surface area contributed by atoms with Gasteiger partial charge in [-0.05, 0) is 44.9 Å². The predicted octanol–water partition coefficient (Wildman–Crippen LogP) is 2.00. The number of thiophene rings is 1. The molecule has 0 amide bonds. The van der Waals surface area contributed by atoms with E-state index in [4.69, 9.17) is 4.74 Å². The number of aryl methyl sites for hydroxylation is 1. The molecule has 0 saturated heterocycles. The van der Waals surface area contributed by atoms with Crippen molar-refractivity contribution < 1.29 is 9.53 Å². The maximum absolute atomic E-state index is 11.6. The van der Waals surface area contributed by atoms with Gasteiger partial charge < -0.3 is 10.1 Å². The highest BCUT2D eigenvalue weighted by Gasteiger charge is 2.22. The van der Waals surface area contributed by atoms with E-state index >= 15 is 0 Å². The molecule has 1 aromatic rings. The standard InChI is InChI=1S/C12H17NO2S/c1-3-15-12(14)11-7-8-6-9(13-2)4-5-10(8)16-11/h7,9,13H,3-6H2,1-2H3. The maximum atomic E-state index is 11.6. The minimum absolute atomic E-state index is 0.178. The van der Waals surface area contributed by atoms with E-state index in [0.29, 0.717) is 12.6 Å². The van der Waals surface area contributed by atoms with Gasteiger partial charge in [-0.2, -0.15) is 0 Å². The van der Waals surface area contributed by atoms with Crippen LogP contribution in [0.1, 0.15) is 33.5 Å². The molecule has 1 aliphatic rings. The zero-order chi connectivity index (χ0) is 11.5. The molecule has 1 N–H and O–H groups in total. The van der Waals surface area contributed by atoms with Gasteiger partial charge in [-0.1, -0.05) is 0 Å². The molecule has 88 valence electrons. The quantitative estimate of drug-likeness (QED) is 0.820. The number of carbonyl (C=O) groups excluding carboxylic acids is 1. The van der Waals surface area contributed by atoms with E-state index in [2.05, 4.69) is 5.32 Å². The SMILES string of the molecule is CCOC(=O)c1cc2c(s1)CCC(NC)C2. The minimum Gasteiger partial charge on any atom is -0.462 e. The second kappa shape index (κ2) is 4.97. The van der Waals surface area contributed by atoms with Crippen LogP contribution in [0.15, 0.2) is 6.07 Å². The molecule has 0 fully saturated rings. The van der Waals surface area contributed by atoms with Crippen molar-refractivity contribution in [1.82, 2.24) is 5.32 Å². The molecule has 0 radical (unpaired) electrons. The second-order valence-electron chi connectivity index (χ2n) is 4.01. The van der Waals surface area contributed by atoms with Crippen molar-refractivity contribution in [3.05, 3.63) is 21.4 Å². The fourth-order valence-electron chi connectivity index (χ4n) is 2.07. The Morgan fingerprint density at radius 2 is 2.50 bits per heavy atom. The molecule has 1 aromatic heterocycles. The van der Waals surface area contributed by atoms with Crippen LogP contribution in [0.25, 0.3) is 0 Å². The molecule has 0 bridgehead atoms. The summed E-state index contributed by atoms with van der Waals surface area (Å²) in [5, 5.41) is 3.30. The Morgan fingerprint density at radius 1 is 1.69 bits per heavy atom. The molecule has 4 heteroatoms. The fraction of sp³-hybridized carbons (Fsp3) is 0.583. The van der Waals surface area contributed by atoms with Crippen molar-refractivity contribution in [2.75, 3.05) is 13.7 Å². The predicted molar refractivity (Wildman–Crippen MR) is 65.1 cm³/mol. The normalized spacial score (nSPS) is 19.2. The van der Waals surface area contributed by atoms with Crippen molar-refractivity contribution in [2.45, 2.75) is 32.2 Å². The molecule has 1 unspecified atom stereocenters. The van der Waals surface area contributed by atoms with Crippen LogP contribution in [0.4, 0.5) is 0 Å². The molecule has 0 spiro atoms. The van der Waals surface area contributed by atoms with E-state index in [0.717, 1.165) is 24.1 Å². The number of esters is 1. The van der Waals surface area contributed by atoms with E-state index in [-0.39, 0.29) is 5.97 Å². The third kappa shape index (κ3) is 2.28. The fourth-order valence-corrected chi connectivity index (χ4v) is 3.18. The number of rotatable bonds is 3. The van der Waals surface area contributed by atoms with Gasteiger partial charge in [0.1, 0.15) is 4.88 Å². The number of fused-ring (bicyclic) bond motifs is 1. The van der Waals surface area contributed by atoms with E-state index in [1.165, 1.54) is 10.4 Å². The lowest BCUT2D eigenvalue weighted by Gasteiger charge is -2.20. The second-order valence-corrected chi connectivity index (χ2v) is 5.14. The van der Waals surface area contributed by atoms with E-state index in [9.17, 15) is 4.79 Å². The monoisotopic (exact) mass is 239 g/mol. The number of hydrogen-bond acceptors (Lipinski definition) is 4. The Labute approximate surface area is 99.8 Å². The minimum atomic E-state index is -0.178. The van der Waals surface area contributed by atoms with Gasteiger partial charge in [-0.3, -0.25) is 0 Å². The van der Waals surface area contributed by atoms with Crippen molar-refractivity contribution in [1.29, 1.82) is 0 Å². The van der Waals surface area contributed by atoms with Crippen LogP contribution in [0.5, 0.6) is 0 Å². The van der Waals surface area contributed by atoms with Crippen LogP contribution in [0, 0.1) is 0 Å². The average molecular weight is 239 g/mol. The van der Waals surface area contributed by atoms with Crippen LogP contribution in [-0.2, 0) is 17.6 Å². The summed E-state index contributed by atoms with van der Waals surface area (Å²) >= 11 is 1.59. The Balaban J connectivity index is 2.15. The van der Waals surface area contributed by atoms with E-state index in [1.807, 2.05) is 20.0 Å². The molecule has 0 aliphatic heterocycles. The molecule has 3 nitrogen and oxygen atoms in total. The maximum Gasteiger partial charge on any atom is 0.348 e. The van der Waals surface area contributed by atoms with Crippen LogP contribution in [0.2, 0.25) is 0 Å². The summed E-state index contributed by atoms with van der Waals surface area (Å²) < 4.78 is 5.01. The molecule has 1 atom stereocenters. The van der Waals surface area contributed by atoms with E-state index < -0.39 is 0 Å². The Kier molecular flexibility index (Phi) is 3.61. The van der Waals surface area contributed by atoms with Gasteiger partial charge in [0.25, 0.3) is 0 Å². The molecule has 16 heavy (non-hydrogen) atoms. The molecule has 0 aromatic carbocycles. The molecular formula is C12H17NO2S. The first-order valence-electron chi connectivity index (χ1n) is 5.70. The first-order chi connectivity index (χ1) is 7.74. The Bertz CT molecular complexity index is 386. The van der Waals surface area contributed by atoms with Crippen molar-refractivity contribution >= 4 is 17.3 Å². The van der Waals surface area contributed by atoms with Gasteiger partial charge in [0.2, 0.25) is 0 Å². The number of carbonyl (C=O) groups is 1. The van der Waals surface area contributed by atoms with Crippen LogP contribution >= 0.6 is 11.3 Å². The lowest BCUT2D eigenvalue weighted by molar-refractivity contribution is 0.0532. The number of likely N-dealkylation sites (N-methyl/N-ethyl adjacent to an activating group) is 1. The highest BCUT2D eigenvalue weighted by atomic mass is 32.1. The average Bonchev–Trinajstić information content (AvgIpc) is 2.71. The summed E-state index contributed by atoms with van der Waals surface area (Å²) in [6.07, 6.45) is 3.26. The Hall–Kier alpha value is -0.870. The molecular weight excluding hydrogens is 222 g/mol. The van der Waals surface area contributed by atoms with Gasteiger partial charge in [0.05, 0.1) is 6.61 Å². The number of ether oxygens (including phenoxy) is 1. The van der Waals surface area contributed by atoms with Gasteiger partial charge in [0.15, 0.2) is 0 Å². The summed E-state index contributed by atoms with van der Waals surface area (Å²) in [7, 11) is 1.99. The summed E-state index contributed by atoms with van der Waals surface area (Å²) in [4.78, 5) is 13.7. The zero-order valence-corrected chi connectivity index (χ0v) is 10.5. The molecule has 1 heterocycles. The first-order valence-corrected chi connectivity index (χ1v) is 6.52. The highest BCUT2D eigenvalue weighted by molar-refractivity contribution is 7.14. The number of nitrogens with one attached hydrogen (secondary N) is 1. The highest BCUT2D eigenvalue weighted by Crippen LogP contribution is 2.30. The van der Waals surface area contributed by atoms with Crippen molar-refractivity contribution in [2.24, 2.45) is 0 Å². The largest absolute Gasteiger partial charge is 0.462 e. The number of hydrogen-bond donors (Lipinski definition) is 1. The van der Waals surface area contributed by atoms with Gasteiger partial charge in [-0.15, -0.1) is 11.3 Å². The lowest BCUT2D eigenvalue weighted by Crippen LogP contribution is -2.30. The smallest absolute Gasteiger partial charge is 0.348 e. The third-order valence-electron chi connectivity index (χ3n) is 2.97. The molecule has 2 rings (SSSR count). The van der Waals surface area contributed by atoms with Crippen LogP contribution < -0.4 is 5.32 Å². The topological polar surface area (TPSA) is 38.3 Å². The van der Waals surface area contributed by atoms with Crippen LogP contribution in [0.3, 0.4) is 0 Å². The molecule has 1 aliphatic carbocycles. The summed E-state index contributed by atoms with van der Waals surface area (Å²) in [5.74, 6) is -0.178. The van der Waals surface area contributed by atoms with E-state index in [1.54, 1.807) is 11.3 Å². The third-order valence-corrected chi connectivity index (χ3v) is 4.18.